The van der Waals surface area contributed by atoms with Crippen molar-refractivity contribution in [2.45, 2.75) is 51.4 Å². The Morgan fingerprint density at radius 2 is 2.08 bits per heavy atom. The van der Waals surface area contributed by atoms with Gasteiger partial charge >= 0.3 is 0 Å². The number of hydrogen-bond acceptors (Lipinski definition) is 7. The van der Waals surface area contributed by atoms with Gasteiger partial charge in [0, 0.05) is 18.9 Å². The van der Waals surface area contributed by atoms with E-state index in [1.165, 1.54) is 19.2 Å². The van der Waals surface area contributed by atoms with Crippen molar-refractivity contribution in [1.29, 1.82) is 0 Å². The molecule has 0 radical (unpaired) electrons. The maximum Gasteiger partial charge on any atom is 0.245 e. The van der Waals surface area contributed by atoms with Crippen LogP contribution >= 0.6 is 0 Å². The van der Waals surface area contributed by atoms with Crippen LogP contribution in [0.25, 0.3) is 11.2 Å². The molecule has 8 nitrogen and oxygen atoms in total. The summed E-state index contributed by atoms with van der Waals surface area (Å²) in [4.78, 5) is 12.9. The zero-order valence-electron chi connectivity index (χ0n) is 14.5. The van der Waals surface area contributed by atoms with E-state index in [9.17, 15) is 10.2 Å². The lowest BCUT2D eigenvalue weighted by Crippen LogP contribution is -2.23. The summed E-state index contributed by atoms with van der Waals surface area (Å²) in [5.74, 6) is 0.388. The number of unbranched alkanes of at least 4 members (excludes halogenated alkanes) is 3. The first kappa shape index (κ1) is 18.0. The van der Waals surface area contributed by atoms with Gasteiger partial charge in [-0.15, -0.1) is 0 Å². The van der Waals surface area contributed by atoms with E-state index >= 15 is 0 Å². The number of aromatic nitrogens is 4. The number of ether oxygens (including phenoxy) is 2. The van der Waals surface area contributed by atoms with Gasteiger partial charge in [0.2, 0.25) is 5.88 Å². The van der Waals surface area contributed by atoms with Gasteiger partial charge in [-0.1, -0.05) is 26.2 Å². The second-order valence-electron chi connectivity index (χ2n) is 6.40. The first-order valence-corrected chi connectivity index (χ1v) is 8.96. The lowest BCUT2D eigenvalue weighted by molar-refractivity contribution is -0.0334. The van der Waals surface area contributed by atoms with Gasteiger partial charge in [-0.3, -0.25) is 4.57 Å². The lowest BCUT2D eigenvalue weighted by atomic mass is 10.0. The molecule has 138 valence electrons. The van der Waals surface area contributed by atoms with Gasteiger partial charge in [0.25, 0.3) is 0 Å². The molecule has 0 aliphatic carbocycles. The number of imidazole rings is 1. The van der Waals surface area contributed by atoms with E-state index in [4.69, 9.17) is 9.47 Å². The molecule has 0 spiro atoms. The summed E-state index contributed by atoms with van der Waals surface area (Å²) in [6, 6.07) is 0. The first-order valence-electron chi connectivity index (χ1n) is 8.96. The molecule has 25 heavy (non-hydrogen) atoms. The highest BCUT2D eigenvalue weighted by atomic mass is 16.5. The summed E-state index contributed by atoms with van der Waals surface area (Å²) >= 11 is 0. The number of nitrogens with zero attached hydrogens (tertiary/aromatic N) is 4. The monoisotopic (exact) mass is 350 g/mol. The van der Waals surface area contributed by atoms with Crippen LogP contribution in [-0.4, -0.2) is 55.7 Å². The topological polar surface area (TPSA) is 103 Å². The SMILES string of the molecule is CCCCCCOc1ncnc2c1ncn2[C@H]1C[C@H](CO)[C@@H](CO)O1. The molecular weight excluding hydrogens is 324 g/mol. The number of aliphatic hydroxyl groups is 2. The highest BCUT2D eigenvalue weighted by Crippen LogP contribution is 2.35. The number of fused-ring (bicyclic) bond motifs is 1. The quantitative estimate of drug-likeness (QED) is 0.663. The van der Waals surface area contributed by atoms with E-state index < -0.39 is 0 Å². The molecule has 3 atom stereocenters. The van der Waals surface area contributed by atoms with Crippen LogP contribution in [0.1, 0.15) is 45.3 Å². The van der Waals surface area contributed by atoms with Gasteiger partial charge < -0.3 is 19.7 Å². The van der Waals surface area contributed by atoms with E-state index in [1.54, 1.807) is 6.33 Å². The standard InChI is InChI=1S/C17H26N4O4/c1-2-3-4-5-6-24-17-15-16(18-10-19-17)21(11-20-15)14-7-12(8-22)13(9-23)25-14/h10-14,22-23H,2-9H2,1H3/t12-,13-,14-/m1/s1. The smallest absolute Gasteiger partial charge is 0.245 e. The summed E-state index contributed by atoms with van der Waals surface area (Å²) in [5, 5.41) is 18.8. The largest absolute Gasteiger partial charge is 0.476 e. The second kappa shape index (κ2) is 8.55. The Morgan fingerprint density at radius 1 is 1.20 bits per heavy atom. The molecule has 2 N–H and O–H groups in total. The van der Waals surface area contributed by atoms with Crippen molar-refractivity contribution in [1.82, 2.24) is 19.5 Å². The van der Waals surface area contributed by atoms with E-state index in [2.05, 4.69) is 21.9 Å². The Hall–Kier alpha value is -1.77. The molecule has 0 bridgehead atoms. The first-order chi connectivity index (χ1) is 12.3. The maximum absolute atomic E-state index is 9.44. The highest BCUT2D eigenvalue weighted by molar-refractivity contribution is 5.76. The molecule has 2 aromatic rings. The zero-order valence-corrected chi connectivity index (χ0v) is 14.5. The molecule has 3 rings (SSSR count). The van der Waals surface area contributed by atoms with Crippen LogP contribution in [0.3, 0.4) is 0 Å². The Balaban J connectivity index is 1.73. The van der Waals surface area contributed by atoms with Crippen LogP contribution in [0, 0.1) is 5.92 Å². The van der Waals surface area contributed by atoms with E-state index in [0.717, 1.165) is 12.8 Å². The summed E-state index contributed by atoms with van der Waals surface area (Å²) in [6.45, 7) is 2.65. The van der Waals surface area contributed by atoms with Crippen LogP contribution in [0.15, 0.2) is 12.7 Å². The van der Waals surface area contributed by atoms with Crippen LogP contribution in [-0.2, 0) is 4.74 Å². The van der Waals surface area contributed by atoms with Gasteiger partial charge in [-0.05, 0) is 6.42 Å². The molecule has 1 fully saturated rings. The van der Waals surface area contributed by atoms with Crippen LogP contribution in [0.5, 0.6) is 5.88 Å². The third-order valence-corrected chi connectivity index (χ3v) is 4.65. The van der Waals surface area contributed by atoms with Crippen molar-refractivity contribution in [3.8, 4) is 5.88 Å². The molecule has 0 unspecified atom stereocenters. The minimum Gasteiger partial charge on any atom is -0.476 e. The molecule has 1 aliphatic rings. The Morgan fingerprint density at radius 3 is 2.80 bits per heavy atom. The molecule has 2 aromatic heterocycles. The third kappa shape index (κ3) is 3.91. The minimum atomic E-state index is -0.372. The molecule has 1 saturated heterocycles. The number of rotatable bonds is 9. The predicted molar refractivity (Wildman–Crippen MR) is 91.1 cm³/mol. The minimum absolute atomic E-state index is 0.0184. The summed E-state index contributed by atoms with van der Waals surface area (Å²) in [6.07, 6.45) is 7.55. The van der Waals surface area contributed by atoms with Crippen molar-refractivity contribution in [2.24, 2.45) is 5.92 Å². The van der Waals surface area contributed by atoms with Gasteiger partial charge in [-0.2, -0.15) is 4.98 Å². The van der Waals surface area contributed by atoms with Gasteiger partial charge in [-0.25, -0.2) is 9.97 Å². The van der Waals surface area contributed by atoms with Gasteiger partial charge in [0.1, 0.15) is 12.6 Å². The van der Waals surface area contributed by atoms with E-state index in [0.29, 0.717) is 30.1 Å². The fraction of sp³-hybridized carbons (Fsp3) is 0.706. The van der Waals surface area contributed by atoms with Crippen LogP contribution in [0.4, 0.5) is 0 Å². The Labute approximate surface area is 146 Å². The summed E-state index contributed by atoms with van der Waals surface area (Å²) < 4.78 is 13.4. The molecule has 0 amide bonds. The van der Waals surface area contributed by atoms with E-state index in [-0.39, 0.29) is 31.5 Å². The average Bonchev–Trinajstić information content (AvgIpc) is 3.25. The van der Waals surface area contributed by atoms with Gasteiger partial charge in [0.15, 0.2) is 11.2 Å². The van der Waals surface area contributed by atoms with Crippen molar-refractivity contribution in [3.05, 3.63) is 12.7 Å². The third-order valence-electron chi connectivity index (χ3n) is 4.65. The Kier molecular flexibility index (Phi) is 6.17. The van der Waals surface area contributed by atoms with Crippen LogP contribution in [0.2, 0.25) is 0 Å². The predicted octanol–water partition coefficient (Wildman–Crippen LogP) is 1.67. The number of aliphatic hydroxyl groups excluding tert-OH is 2. The van der Waals surface area contributed by atoms with Gasteiger partial charge in [0.05, 0.1) is 25.6 Å². The average molecular weight is 350 g/mol. The molecule has 3 heterocycles. The van der Waals surface area contributed by atoms with E-state index in [1.807, 2.05) is 4.57 Å². The summed E-state index contributed by atoms with van der Waals surface area (Å²) in [7, 11) is 0. The summed E-state index contributed by atoms with van der Waals surface area (Å²) in [5.41, 5.74) is 1.24. The number of hydrogen-bond donors (Lipinski definition) is 2. The fourth-order valence-corrected chi connectivity index (χ4v) is 3.19. The zero-order chi connectivity index (χ0) is 17.6. The molecule has 0 saturated carbocycles. The Bertz CT molecular complexity index is 666. The lowest BCUT2D eigenvalue weighted by Gasteiger charge is -2.14. The van der Waals surface area contributed by atoms with Crippen molar-refractivity contribution >= 4 is 11.2 Å². The normalized spacial score (nSPS) is 23.4. The molecule has 0 aromatic carbocycles. The highest BCUT2D eigenvalue weighted by Gasteiger charge is 2.36. The van der Waals surface area contributed by atoms with Crippen molar-refractivity contribution in [3.63, 3.8) is 0 Å². The van der Waals surface area contributed by atoms with Crippen LogP contribution < -0.4 is 4.74 Å². The van der Waals surface area contributed by atoms with Crippen molar-refractivity contribution < 1.29 is 19.7 Å². The second-order valence-corrected chi connectivity index (χ2v) is 6.40. The maximum atomic E-state index is 9.44. The fourth-order valence-electron chi connectivity index (χ4n) is 3.19. The molecule has 8 heteroatoms. The molecule has 1 aliphatic heterocycles. The van der Waals surface area contributed by atoms with Crippen molar-refractivity contribution in [2.75, 3.05) is 19.8 Å². The molecular formula is C17H26N4O4.